The molecule has 2 rings (SSSR count). The van der Waals surface area contributed by atoms with E-state index in [1.807, 2.05) is 13.0 Å². The molecule has 0 radical (unpaired) electrons. The van der Waals surface area contributed by atoms with Gasteiger partial charge in [-0.3, -0.25) is 0 Å². The molecule has 0 saturated carbocycles. The summed E-state index contributed by atoms with van der Waals surface area (Å²) in [7, 11) is 0. The fourth-order valence-electron chi connectivity index (χ4n) is 1.54. The van der Waals surface area contributed by atoms with Crippen molar-refractivity contribution >= 4 is 0 Å². The molecule has 0 aliphatic rings. The molecule has 2 aromatic carbocycles. The Morgan fingerprint density at radius 3 is 2.61 bits per heavy atom. The van der Waals surface area contributed by atoms with Gasteiger partial charge in [-0.1, -0.05) is 12.1 Å². The molecule has 1 unspecified atom stereocenters. The summed E-state index contributed by atoms with van der Waals surface area (Å²) in [5.74, 6) is -0.872. The summed E-state index contributed by atoms with van der Waals surface area (Å²) in [4.78, 5) is 0. The van der Waals surface area contributed by atoms with Gasteiger partial charge in [0.1, 0.15) is 11.6 Å². The molecule has 2 N–H and O–H groups in total. The van der Waals surface area contributed by atoms with Gasteiger partial charge in [0, 0.05) is 12.1 Å². The molecule has 0 spiro atoms. The Labute approximate surface area is 104 Å². The van der Waals surface area contributed by atoms with Crippen LogP contribution in [0.15, 0.2) is 42.5 Å². The molecule has 18 heavy (non-hydrogen) atoms. The van der Waals surface area contributed by atoms with Gasteiger partial charge in [0.15, 0.2) is 11.6 Å². The summed E-state index contributed by atoms with van der Waals surface area (Å²) >= 11 is 0. The third-order valence-electron chi connectivity index (χ3n) is 2.50. The van der Waals surface area contributed by atoms with Crippen molar-refractivity contribution in [2.45, 2.75) is 13.0 Å². The smallest absolute Gasteiger partial charge is 0.165 e. The van der Waals surface area contributed by atoms with Gasteiger partial charge in [0.05, 0.1) is 0 Å². The zero-order valence-electron chi connectivity index (χ0n) is 9.86. The number of hydrogen-bond donors (Lipinski definition) is 1. The molecule has 2 nitrogen and oxygen atoms in total. The van der Waals surface area contributed by atoms with Crippen molar-refractivity contribution in [2.75, 3.05) is 0 Å². The van der Waals surface area contributed by atoms with Crippen molar-refractivity contribution in [3.8, 4) is 11.5 Å². The van der Waals surface area contributed by atoms with E-state index in [2.05, 4.69) is 0 Å². The molecule has 0 fully saturated rings. The van der Waals surface area contributed by atoms with Crippen LogP contribution in [-0.2, 0) is 0 Å². The first kappa shape index (κ1) is 12.5. The monoisotopic (exact) mass is 249 g/mol. The third kappa shape index (κ3) is 2.84. The highest BCUT2D eigenvalue weighted by Crippen LogP contribution is 2.26. The highest BCUT2D eigenvalue weighted by molar-refractivity contribution is 5.35. The molecule has 94 valence electrons. The van der Waals surface area contributed by atoms with Crippen molar-refractivity contribution in [2.24, 2.45) is 5.73 Å². The highest BCUT2D eigenvalue weighted by atomic mass is 19.1. The molecule has 0 aliphatic heterocycles. The van der Waals surface area contributed by atoms with Crippen LogP contribution in [0.4, 0.5) is 8.78 Å². The van der Waals surface area contributed by atoms with Crippen molar-refractivity contribution in [1.82, 2.24) is 0 Å². The molecule has 4 heteroatoms. The van der Waals surface area contributed by atoms with Crippen LogP contribution in [0.5, 0.6) is 11.5 Å². The standard InChI is InChI=1S/C14H13F2NO/c1-9(17)10-3-2-4-12(7-10)18-14-8-11(15)5-6-13(14)16/h2-9H,17H2,1H3. The fourth-order valence-corrected chi connectivity index (χ4v) is 1.54. The van der Waals surface area contributed by atoms with Crippen LogP contribution in [0.1, 0.15) is 18.5 Å². The van der Waals surface area contributed by atoms with Crippen LogP contribution in [0.3, 0.4) is 0 Å². The Hall–Kier alpha value is -1.94. The van der Waals surface area contributed by atoms with Gasteiger partial charge in [-0.2, -0.15) is 0 Å². The lowest BCUT2D eigenvalue weighted by Gasteiger charge is -2.10. The van der Waals surface area contributed by atoms with Gasteiger partial charge in [-0.05, 0) is 36.8 Å². The molecule has 2 aromatic rings. The van der Waals surface area contributed by atoms with Gasteiger partial charge in [0.2, 0.25) is 0 Å². The zero-order chi connectivity index (χ0) is 13.1. The summed E-state index contributed by atoms with van der Waals surface area (Å²) in [5, 5.41) is 0. The van der Waals surface area contributed by atoms with Gasteiger partial charge in [0.25, 0.3) is 0 Å². The second-order valence-electron chi connectivity index (χ2n) is 4.04. The summed E-state index contributed by atoms with van der Waals surface area (Å²) in [6, 6.07) is 9.90. The molecule has 0 saturated heterocycles. The normalized spacial score (nSPS) is 12.2. The van der Waals surface area contributed by atoms with Crippen LogP contribution in [-0.4, -0.2) is 0 Å². The Balaban J connectivity index is 2.28. The van der Waals surface area contributed by atoms with Crippen LogP contribution in [0.25, 0.3) is 0 Å². The average molecular weight is 249 g/mol. The van der Waals surface area contributed by atoms with E-state index >= 15 is 0 Å². The van der Waals surface area contributed by atoms with Crippen LogP contribution >= 0.6 is 0 Å². The third-order valence-corrected chi connectivity index (χ3v) is 2.50. The number of hydrogen-bond acceptors (Lipinski definition) is 2. The minimum absolute atomic E-state index is 0.142. The van der Waals surface area contributed by atoms with E-state index in [-0.39, 0.29) is 11.8 Å². The Morgan fingerprint density at radius 2 is 1.89 bits per heavy atom. The number of ether oxygens (including phenoxy) is 1. The number of halogens is 2. The lowest BCUT2D eigenvalue weighted by Crippen LogP contribution is -2.04. The maximum absolute atomic E-state index is 13.4. The molecule has 0 aromatic heterocycles. The quantitative estimate of drug-likeness (QED) is 0.898. The molecule has 0 aliphatic carbocycles. The molecule has 1 atom stereocenters. The van der Waals surface area contributed by atoms with Crippen molar-refractivity contribution in [3.63, 3.8) is 0 Å². The van der Waals surface area contributed by atoms with E-state index in [4.69, 9.17) is 10.5 Å². The van der Waals surface area contributed by atoms with Gasteiger partial charge >= 0.3 is 0 Å². The van der Waals surface area contributed by atoms with Crippen LogP contribution in [0.2, 0.25) is 0 Å². The number of nitrogens with two attached hydrogens (primary N) is 1. The van der Waals surface area contributed by atoms with Gasteiger partial charge < -0.3 is 10.5 Å². The molecule has 0 heterocycles. The summed E-state index contributed by atoms with van der Waals surface area (Å²) < 4.78 is 31.7. The SMILES string of the molecule is CC(N)c1cccc(Oc2cc(F)ccc2F)c1. The fraction of sp³-hybridized carbons (Fsp3) is 0.143. The maximum atomic E-state index is 13.4. The summed E-state index contributed by atoms with van der Waals surface area (Å²) in [5.41, 5.74) is 6.61. The second-order valence-corrected chi connectivity index (χ2v) is 4.04. The largest absolute Gasteiger partial charge is 0.454 e. The molecule has 0 amide bonds. The average Bonchev–Trinajstić information content (AvgIpc) is 2.34. The number of rotatable bonds is 3. The minimum Gasteiger partial charge on any atom is -0.454 e. The predicted molar refractivity (Wildman–Crippen MR) is 65.5 cm³/mol. The highest BCUT2D eigenvalue weighted by Gasteiger charge is 2.07. The number of benzene rings is 2. The summed E-state index contributed by atoms with van der Waals surface area (Å²) in [6.45, 7) is 1.84. The first-order valence-corrected chi connectivity index (χ1v) is 5.54. The van der Waals surface area contributed by atoms with E-state index in [0.29, 0.717) is 5.75 Å². The lowest BCUT2D eigenvalue weighted by atomic mass is 10.1. The van der Waals surface area contributed by atoms with Crippen molar-refractivity contribution < 1.29 is 13.5 Å². The van der Waals surface area contributed by atoms with Crippen LogP contribution in [0, 0.1) is 11.6 Å². The Kier molecular flexibility index (Phi) is 3.58. The first-order chi connectivity index (χ1) is 8.56. The lowest BCUT2D eigenvalue weighted by molar-refractivity contribution is 0.436. The second kappa shape index (κ2) is 5.14. The van der Waals surface area contributed by atoms with Gasteiger partial charge in [-0.15, -0.1) is 0 Å². The van der Waals surface area contributed by atoms with E-state index in [0.717, 1.165) is 23.8 Å². The first-order valence-electron chi connectivity index (χ1n) is 5.54. The van der Waals surface area contributed by atoms with E-state index in [1.54, 1.807) is 18.2 Å². The van der Waals surface area contributed by atoms with E-state index in [9.17, 15) is 8.78 Å². The van der Waals surface area contributed by atoms with E-state index in [1.165, 1.54) is 0 Å². The van der Waals surface area contributed by atoms with E-state index < -0.39 is 11.6 Å². The zero-order valence-corrected chi connectivity index (χ0v) is 9.86. The maximum Gasteiger partial charge on any atom is 0.165 e. The van der Waals surface area contributed by atoms with Crippen molar-refractivity contribution in [1.29, 1.82) is 0 Å². The molecule has 0 bridgehead atoms. The van der Waals surface area contributed by atoms with Gasteiger partial charge in [-0.25, -0.2) is 8.78 Å². The Morgan fingerprint density at radius 1 is 1.11 bits per heavy atom. The minimum atomic E-state index is -0.609. The van der Waals surface area contributed by atoms with Crippen LogP contribution < -0.4 is 10.5 Å². The Bertz CT molecular complexity index is 555. The molecular weight excluding hydrogens is 236 g/mol. The molecular formula is C14H13F2NO. The summed E-state index contributed by atoms with van der Waals surface area (Å²) in [6.07, 6.45) is 0. The predicted octanol–water partition coefficient (Wildman–Crippen LogP) is 3.78. The van der Waals surface area contributed by atoms with Crippen molar-refractivity contribution in [3.05, 3.63) is 59.7 Å². The topological polar surface area (TPSA) is 35.2 Å².